The van der Waals surface area contributed by atoms with Gasteiger partial charge in [-0.2, -0.15) is 13.2 Å². The van der Waals surface area contributed by atoms with Crippen molar-refractivity contribution in [1.82, 2.24) is 9.97 Å². The van der Waals surface area contributed by atoms with Gasteiger partial charge in [0.15, 0.2) is 0 Å². The molecule has 0 atom stereocenters. The SMILES string of the molecule is FC(F)(F)c1cccc(Cc2cc(Cl)nc(CC=S)n2)c1. The van der Waals surface area contributed by atoms with Gasteiger partial charge in [-0.25, -0.2) is 9.97 Å². The fourth-order valence-electron chi connectivity index (χ4n) is 1.84. The zero-order valence-corrected chi connectivity index (χ0v) is 12.3. The molecule has 0 amide bonds. The van der Waals surface area contributed by atoms with E-state index >= 15 is 0 Å². The molecule has 0 unspecified atom stereocenters. The first-order chi connectivity index (χ1) is 9.88. The van der Waals surface area contributed by atoms with Crippen molar-refractivity contribution in [3.63, 3.8) is 0 Å². The predicted molar refractivity (Wildman–Crippen MR) is 78.7 cm³/mol. The van der Waals surface area contributed by atoms with Crippen molar-refractivity contribution >= 4 is 29.2 Å². The lowest BCUT2D eigenvalue weighted by atomic mass is 10.1. The number of hydrogen-bond donors (Lipinski definition) is 0. The molecule has 0 fully saturated rings. The van der Waals surface area contributed by atoms with Gasteiger partial charge >= 0.3 is 6.18 Å². The first-order valence-corrected chi connectivity index (χ1v) is 6.85. The molecule has 0 aliphatic carbocycles. The molecule has 7 heteroatoms. The van der Waals surface area contributed by atoms with Crippen molar-refractivity contribution in [1.29, 1.82) is 0 Å². The van der Waals surface area contributed by atoms with Crippen LogP contribution in [0.3, 0.4) is 0 Å². The summed E-state index contributed by atoms with van der Waals surface area (Å²) in [6.45, 7) is 0. The highest BCUT2D eigenvalue weighted by Crippen LogP contribution is 2.29. The predicted octanol–water partition coefficient (Wildman–Crippen LogP) is 4.28. The molecule has 2 aromatic rings. The number of halogens is 4. The Labute approximate surface area is 130 Å². The molecule has 1 heterocycles. The molecule has 110 valence electrons. The Morgan fingerprint density at radius 2 is 1.95 bits per heavy atom. The molecule has 21 heavy (non-hydrogen) atoms. The van der Waals surface area contributed by atoms with Gasteiger partial charge in [0.05, 0.1) is 5.56 Å². The number of alkyl halides is 3. The molecule has 1 aromatic heterocycles. The minimum atomic E-state index is -4.36. The van der Waals surface area contributed by atoms with Gasteiger partial charge in [-0.3, -0.25) is 0 Å². The highest BCUT2D eigenvalue weighted by atomic mass is 35.5. The maximum atomic E-state index is 12.7. The summed E-state index contributed by atoms with van der Waals surface area (Å²) in [5, 5.41) is 1.72. The summed E-state index contributed by atoms with van der Waals surface area (Å²) in [4.78, 5) is 8.23. The van der Waals surface area contributed by atoms with Crippen molar-refractivity contribution in [2.45, 2.75) is 19.0 Å². The highest BCUT2D eigenvalue weighted by Gasteiger charge is 2.30. The fraction of sp³-hybridized carbons (Fsp3) is 0.214. The summed E-state index contributed by atoms with van der Waals surface area (Å²) >= 11 is 10.6. The lowest BCUT2D eigenvalue weighted by molar-refractivity contribution is -0.137. The third kappa shape index (κ3) is 4.47. The van der Waals surface area contributed by atoms with E-state index in [1.54, 1.807) is 6.07 Å². The third-order valence-electron chi connectivity index (χ3n) is 2.70. The normalized spacial score (nSPS) is 11.4. The number of hydrogen-bond acceptors (Lipinski definition) is 3. The van der Waals surface area contributed by atoms with E-state index < -0.39 is 11.7 Å². The van der Waals surface area contributed by atoms with E-state index in [0.717, 1.165) is 12.1 Å². The molecule has 0 aliphatic rings. The lowest BCUT2D eigenvalue weighted by Gasteiger charge is -2.09. The van der Waals surface area contributed by atoms with Gasteiger partial charge in [-0.15, -0.1) is 0 Å². The van der Waals surface area contributed by atoms with Gasteiger partial charge in [0.25, 0.3) is 0 Å². The third-order valence-corrected chi connectivity index (χ3v) is 3.06. The summed E-state index contributed by atoms with van der Waals surface area (Å²) < 4.78 is 38.0. The van der Waals surface area contributed by atoms with Crippen LogP contribution in [0.15, 0.2) is 30.3 Å². The maximum Gasteiger partial charge on any atom is 0.416 e. The fourth-order valence-corrected chi connectivity index (χ4v) is 2.21. The Bertz CT molecular complexity index is 659. The first-order valence-electron chi connectivity index (χ1n) is 6.00. The van der Waals surface area contributed by atoms with Gasteiger partial charge in [0, 0.05) is 18.5 Å². The largest absolute Gasteiger partial charge is 0.416 e. The Morgan fingerprint density at radius 3 is 2.62 bits per heavy atom. The van der Waals surface area contributed by atoms with E-state index in [1.807, 2.05) is 0 Å². The van der Waals surface area contributed by atoms with E-state index in [4.69, 9.17) is 23.8 Å². The van der Waals surface area contributed by atoms with E-state index in [9.17, 15) is 13.2 Å². The number of rotatable bonds is 4. The molecule has 2 rings (SSSR count). The smallest absolute Gasteiger partial charge is 0.237 e. The molecule has 0 saturated carbocycles. The second kappa shape index (κ2) is 6.49. The van der Waals surface area contributed by atoms with Crippen LogP contribution in [0.25, 0.3) is 0 Å². The minimum Gasteiger partial charge on any atom is -0.237 e. The lowest BCUT2D eigenvalue weighted by Crippen LogP contribution is -2.06. The standard InChI is InChI=1S/C14H10ClF3N2S/c15-12-8-11(19-13(20-12)4-5-21)7-9-2-1-3-10(6-9)14(16,17)18/h1-3,5-6,8H,4,7H2. The Balaban J connectivity index is 2.28. The first kappa shape index (κ1) is 15.9. The van der Waals surface area contributed by atoms with Gasteiger partial charge in [0.2, 0.25) is 0 Å². The average molecular weight is 331 g/mol. The zero-order valence-electron chi connectivity index (χ0n) is 10.7. The Morgan fingerprint density at radius 1 is 1.19 bits per heavy atom. The van der Waals surface area contributed by atoms with Gasteiger partial charge in [-0.05, 0) is 23.1 Å². The molecule has 0 saturated heterocycles. The van der Waals surface area contributed by atoms with E-state index in [-0.39, 0.29) is 11.6 Å². The number of thiocarbonyl (C=S) groups is 1. The van der Waals surface area contributed by atoms with Crippen LogP contribution < -0.4 is 0 Å². The van der Waals surface area contributed by atoms with E-state index in [2.05, 4.69) is 9.97 Å². The number of nitrogens with zero attached hydrogens (tertiary/aromatic N) is 2. The molecule has 1 aromatic carbocycles. The molecular weight excluding hydrogens is 321 g/mol. The van der Waals surface area contributed by atoms with Crippen LogP contribution in [0.4, 0.5) is 13.2 Å². The topological polar surface area (TPSA) is 25.8 Å². The molecular formula is C14H10ClF3N2S. The summed E-state index contributed by atoms with van der Waals surface area (Å²) in [6, 6.07) is 6.67. The van der Waals surface area contributed by atoms with Crippen LogP contribution in [-0.4, -0.2) is 15.3 Å². The number of benzene rings is 1. The minimum absolute atomic E-state index is 0.247. The van der Waals surface area contributed by atoms with Gasteiger partial charge < -0.3 is 0 Å². The second-order valence-electron chi connectivity index (χ2n) is 4.34. The monoisotopic (exact) mass is 330 g/mol. The number of aromatic nitrogens is 2. The highest BCUT2D eigenvalue weighted by molar-refractivity contribution is 7.78. The summed E-state index contributed by atoms with van der Waals surface area (Å²) in [5.74, 6) is 0.458. The molecule has 0 spiro atoms. The molecule has 0 aliphatic heterocycles. The van der Waals surface area contributed by atoms with Gasteiger partial charge in [0.1, 0.15) is 11.0 Å². The molecule has 0 bridgehead atoms. The second-order valence-corrected chi connectivity index (χ2v) is 5.06. The Hall–Kier alpha value is -1.53. The van der Waals surface area contributed by atoms with Crippen LogP contribution in [-0.2, 0) is 19.0 Å². The van der Waals surface area contributed by atoms with Crippen LogP contribution in [0.1, 0.15) is 22.6 Å². The molecule has 0 N–H and O–H groups in total. The summed E-state index contributed by atoms with van der Waals surface area (Å²) in [6.07, 6.45) is -3.73. The Kier molecular flexibility index (Phi) is 4.90. The van der Waals surface area contributed by atoms with Crippen molar-refractivity contribution in [3.8, 4) is 0 Å². The summed E-state index contributed by atoms with van der Waals surface area (Å²) in [7, 11) is 0. The van der Waals surface area contributed by atoms with Crippen LogP contribution in [0.5, 0.6) is 0 Å². The maximum absolute atomic E-state index is 12.7. The average Bonchev–Trinajstić information content (AvgIpc) is 2.37. The van der Waals surface area contributed by atoms with E-state index in [0.29, 0.717) is 23.5 Å². The molecule has 0 radical (unpaired) electrons. The van der Waals surface area contributed by atoms with Crippen molar-refractivity contribution in [2.24, 2.45) is 0 Å². The van der Waals surface area contributed by atoms with E-state index in [1.165, 1.54) is 17.5 Å². The van der Waals surface area contributed by atoms with Crippen LogP contribution >= 0.6 is 23.8 Å². The van der Waals surface area contributed by atoms with Crippen LogP contribution in [0, 0.1) is 0 Å². The van der Waals surface area contributed by atoms with Crippen molar-refractivity contribution in [2.75, 3.05) is 0 Å². The van der Waals surface area contributed by atoms with Crippen molar-refractivity contribution < 1.29 is 13.2 Å². The quantitative estimate of drug-likeness (QED) is 0.618. The zero-order chi connectivity index (χ0) is 15.5. The summed E-state index contributed by atoms with van der Waals surface area (Å²) in [5.41, 5.74) is 0.383. The van der Waals surface area contributed by atoms with Crippen molar-refractivity contribution in [3.05, 3.63) is 58.1 Å². The molecule has 2 nitrogen and oxygen atoms in total. The van der Waals surface area contributed by atoms with Gasteiger partial charge in [-0.1, -0.05) is 42.0 Å². The van der Waals surface area contributed by atoms with Crippen LogP contribution in [0.2, 0.25) is 5.15 Å².